The summed E-state index contributed by atoms with van der Waals surface area (Å²) in [5, 5.41) is 14.1. The van der Waals surface area contributed by atoms with Gasteiger partial charge in [-0.15, -0.1) is 0 Å². The van der Waals surface area contributed by atoms with Crippen molar-refractivity contribution in [1.29, 1.82) is 0 Å². The molecule has 21 heavy (non-hydrogen) atoms. The second-order valence-corrected chi connectivity index (χ2v) is 4.93. The molecule has 110 valence electrons. The number of aryl methyl sites for hydroxylation is 1. The van der Waals surface area contributed by atoms with Gasteiger partial charge in [0.2, 0.25) is 0 Å². The van der Waals surface area contributed by atoms with Gasteiger partial charge in [-0.05, 0) is 43.1 Å². The Bertz CT molecular complexity index is 627. The maximum atomic E-state index is 12.8. The van der Waals surface area contributed by atoms with Crippen LogP contribution >= 0.6 is 0 Å². The molecular formula is C16H17FN2O2. The zero-order chi connectivity index (χ0) is 15.2. The molecule has 5 heteroatoms. The summed E-state index contributed by atoms with van der Waals surface area (Å²) in [6.45, 7) is 3.03. The van der Waals surface area contributed by atoms with Crippen LogP contribution in [0.2, 0.25) is 0 Å². The maximum Gasteiger partial charge on any atom is 0.272 e. The van der Waals surface area contributed by atoms with Crippen molar-refractivity contribution in [2.75, 3.05) is 6.54 Å². The molecule has 2 aromatic rings. The standard InChI is InChI=1S/C16H17FN2O2/c1-12-2-3-14(10-16(12)19(20)21)11-18-9-8-13-4-6-15(17)7-5-13/h2-7,10,18H,8-9,11H2,1H3. The molecule has 0 heterocycles. The third-order valence-corrected chi connectivity index (χ3v) is 3.30. The van der Waals surface area contributed by atoms with E-state index in [1.165, 1.54) is 12.1 Å². The molecular weight excluding hydrogens is 271 g/mol. The van der Waals surface area contributed by atoms with Gasteiger partial charge in [-0.1, -0.05) is 24.3 Å². The van der Waals surface area contributed by atoms with Crippen LogP contribution in [-0.4, -0.2) is 11.5 Å². The fourth-order valence-corrected chi connectivity index (χ4v) is 2.08. The lowest BCUT2D eigenvalue weighted by Crippen LogP contribution is -2.16. The van der Waals surface area contributed by atoms with E-state index < -0.39 is 0 Å². The molecule has 0 aliphatic carbocycles. The van der Waals surface area contributed by atoms with Crippen LogP contribution in [0.3, 0.4) is 0 Å². The van der Waals surface area contributed by atoms with Crippen LogP contribution in [0.1, 0.15) is 16.7 Å². The summed E-state index contributed by atoms with van der Waals surface area (Å²) in [6.07, 6.45) is 0.786. The first-order chi connectivity index (χ1) is 10.1. The average molecular weight is 288 g/mol. The van der Waals surface area contributed by atoms with E-state index >= 15 is 0 Å². The van der Waals surface area contributed by atoms with Gasteiger partial charge < -0.3 is 5.32 Å². The topological polar surface area (TPSA) is 55.2 Å². The summed E-state index contributed by atoms with van der Waals surface area (Å²) < 4.78 is 12.8. The lowest BCUT2D eigenvalue weighted by atomic mass is 10.1. The molecule has 0 atom stereocenters. The van der Waals surface area contributed by atoms with Gasteiger partial charge in [0.1, 0.15) is 5.82 Å². The summed E-state index contributed by atoms with van der Waals surface area (Å²) in [5.41, 5.74) is 2.74. The van der Waals surface area contributed by atoms with Crippen LogP contribution in [0.25, 0.3) is 0 Å². The first-order valence-corrected chi connectivity index (χ1v) is 6.75. The molecule has 0 saturated carbocycles. The van der Waals surface area contributed by atoms with Gasteiger partial charge in [0.25, 0.3) is 5.69 Å². The Morgan fingerprint density at radius 1 is 1.14 bits per heavy atom. The van der Waals surface area contributed by atoms with Crippen molar-refractivity contribution < 1.29 is 9.31 Å². The highest BCUT2D eigenvalue weighted by Crippen LogP contribution is 2.19. The first kappa shape index (κ1) is 15.1. The molecule has 0 saturated heterocycles. The Morgan fingerprint density at radius 3 is 2.48 bits per heavy atom. The number of hydrogen-bond acceptors (Lipinski definition) is 3. The summed E-state index contributed by atoms with van der Waals surface area (Å²) in [6, 6.07) is 11.6. The van der Waals surface area contributed by atoms with E-state index in [4.69, 9.17) is 0 Å². The van der Waals surface area contributed by atoms with Crippen LogP contribution in [0.15, 0.2) is 42.5 Å². The third-order valence-electron chi connectivity index (χ3n) is 3.30. The maximum absolute atomic E-state index is 12.8. The van der Waals surface area contributed by atoms with E-state index in [9.17, 15) is 14.5 Å². The molecule has 1 N–H and O–H groups in total. The molecule has 0 fully saturated rings. The van der Waals surface area contributed by atoms with E-state index in [0.717, 1.165) is 24.1 Å². The largest absolute Gasteiger partial charge is 0.312 e. The minimum atomic E-state index is -0.364. The summed E-state index contributed by atoms with van der Waals surface area (Å²) in [7, 11) is 0. The Kier molecular flexibility index (Phi) is 5.00. The van der Waals surface area contributed by atoms with Gasteiger partial charge in [0, 0.05) is 18.2 Å². The van der Waals surface area contributed by atoms with Gasteiger partial charge in [0.05, 0.1) is 4.92 Å². The van der Waals surface area contributed by atoms with E-state index in [2.05, 4.69) is 5.32 Å². The Labute approximate surface area is 122 Å². The average Bonchev–Trinajstić information content (AvgIpc) is 2.46. The quantitative estimate of drug-likeness (QED) is 0.503. The van der Waals surface area contributed by atoms with Crippen molar-refractivity contribution in [3.05, 3.63) is 75.1 Å². The molecule has 2 aromatic carbocycles. The summed E-state index contributed by atoms with van der Waals surface area (Å²) in [5.74, 6) is -0.237. The molecule has 2 rings (SSSR count). The molecule has 0 radical (unpaired) electrons. The van der Waals surface area contributed by atoms with Crippen molar-refractivity contribution in [2.45, 2.75) is 19.9 Å². The number of nitrogens with zero attached hydrogens (tertiary/aromatic N) is 1. The van der Waals surface area contributed by atoms with E-state index in [1.807, 2.05) is 6.07 Å². The van der Waals surface area contributed by atoms with Gasteiger partial charge >= 0.3 is 0 Å². The molecule has 0 amide bonds. The molecule has 0 spiro atoms. The fraction of sp³-hybridized carbons (Fsp3) is 0.250. The number of nitro groups is 1. The lowest BCUT2D eigenvalue weighted by molar-refractivity contribution is -0.385. The Balaban J connectivity index is 1.85. The predicted octanol–water partition coefficient (Wildman–Crippen LogP) is 3.37. The van der Waals surface area contributed by atoms with Crippen LogP contribution < -0.4 is 5.32 Å². The monoisotopic (exact) mass is 288 g/mol. The molecule has 0 aliphatic heterocycles. The SMILES string of the molecule is Cc1ccc(CNCCc2ccc(F)cc2)cc1[N+](=O)[O-]. The highest BCUT2D eigenvalue weighted by molar-refractivity contribution is 5.42. The molecule has 0 unspecified atom stereocenters. The van der Waals surface area contributed by atoms with Crippen molar-refractivity contribution in [3.63, 3.8) is 0 Å². The van der Waals surface area contributed by atoms with Crippen LogP contribution in [-0.2, 0) is 13.0 Å². The normalized spacial score (nSPS) is 10.6. The van der Waals surface area contributed by atoms with Crippen molar-refractivity contribution in [1.82, 2.24) is 5.32 Å². The Hall–Kier alpha value is -2.27. The minimum absolute atomic E-state index is 0.146. The summed E-state index contributed by atoms with van der Waals surface area (Å²) >= 11 is 0. The van der Waals surface area contributed by atoms with Gasteiger partial charge in [0.15, 0.2) is 0 Å². The van der Waals surface area contributed by atoms with Crippen LogP contribution in [0.5, 0.6) is 0 Å². The van der Waals surface area contributed by atoms with E-state index in [-0.39, 0.29) is 16.4 Å². The van der Waals surface area contributed by atoms with Crippen molar-refractivity contribution in [3.8, 4) is 0 Å². The summed E-state index contributed by atoms with van der Waals surface area (Å²) in [4.78, 5) is 10.5. The van der Waals surface area contributed by atoms with E-state index in [1.54, 1.807) is 31.2 Å². The zero-order valence-electron chi connectivity index (χ0n) is 11.8. The second kappa shape index (κ2) is 6.95. The number of benzene rings is 2. The third kappa shape index (κ3) is 4.36. The van der Waals surface area contributed by atoms with Crippen molar-refractivity contribution in [2.24, 2.45) is 0 Å². The lowest BCUT2D eigenvalue weighted by Gasteiger charge is -2.06. The van der Waals surface area contributed by atoms with Gasteiger partial charge in [-0.2, -0.15) is 0 Å². The number of rotatable bonds is 6. The van der Waals surface area contributed by atoms with E-state index in [0.29, 0.717) is 12.1 Å². The smallest absolute Gasteiger partial charge is 0.272 e. The Morgan fingerprint density at radius 2 is 1.81 bits per heavy atom. The zero-order valence-corrected chi connectivity index (χ0v) is 11.8. The van der Waals surface area contributed by atoms with Gasteiger partial charge in [-0.3, -0.25) is 10.1 Å². The first-order valence-electron chi connectivity index (χ1n) is 6.75. The minimum Gasteiger partial charge on any atom is -0.312 e. The van der Waals surface area contributed by atoms with Crippen molar-refractivity contribution >= 4 is 5.69 Å². The van der Waals surface area contributed by atoms with Crippen LogP contribution in [0, 0.1) is 22.9 Å². The number of hydrogen-bond donors (Lipinski definition) is 1. The van der Waals surface area contributed by atoms with Crippen LogP contribution in [0.4, 0.5) is 10.1 Å². The molecule has 0 aliphatic rings. The number of nitrogens with one attached hydrogen (secondary N) is 1. The number of halogens is 1. The molecule has 0 aromatic heterocycles. The molecule has 4 nitrogen and oxygen atoms in total. The van der Waals surface area contributed by atoms with Gasteiger partial charge in [-0.25, -0.2) is 4.39 Å². The second-order valence-electron chi connectivity index (χ2n) is 4.93. The highest BCUT2D eigenvalue weighted by Gasteiger charge is 2.10. The number of nitro benzene ring substituents is 1. The highest BCUT2D eigenvalue weighted by atomic mass is 19.1. The predicted molar refractivity (Wildman–Crippen MR) is 79.6 cm³/mol. The molecule has 0 bridgehead atoms. The fourth-order valence-electron chi connectivity index (χ4n) is 2.08.